The fourth-order valence-corrected chi connectivity index (χ4v) is 5.50. The third kappa shape index (κ3) is 4.41. The first kappa shape index (κ1) is 25.0. The van der Waals surface area contributed by atoms with Gasteiger partial charge in [-0.15, -0.1) is 0 Å². The number of benzene rings is 4. The molecule has 0 aromatic heterocycles. The lowest BCUT2D eigenvalue weighted by molar-refractivity contribution is 0.101. The Morgan fingerprint density at radius 3 is 2.03 bits per heavy atom. The zero-order valence-corrected chi connectivity index (χ0v) is 22.4. The molecule has 198 valence electrons. The summed E-state index contributed by atoms with van der Waals surface area (Å²) >= 11 is 0. The molecule has 0 bridgehead atoms. The molecule has 4 aromatic carbocycles. The summed E-state index contributed by atoms with van der Waals surface area (Å²) in [5.41, 5.74) is 3.52. The van der Waals surface area contributed by atoms with Gasteiger partial charge in [-0.2, -0.15) is 0 Å². The van der Waals surface area contributed by atoms with Crippen molar-refractivity contribution in [1.82, 2.24) is 0 Å². The Kier molecular flexibility index (Phi) is 6.49. The van der Waals surface area contributed by atoms with Gasteiger partial charge in [0.15, 0.2) is 11.4 Å². The molecule has 0 aliphatic carbocycles. The summed E-state index contributed by atoms with van der Waals surface area (Å²) in [6.45, 7) is 4.68. The summed E-state index contributed by atoms with van der Waals surface area (Å²) in [5, 5.41) is 1.93. The fourth-order valence-electron chi connectivity index (χ4n) is 5.50. The average Bonchev–Trinajstić information content (AvgIpc) is 3.00. The van der Waals surface area contributed by atoms with Crippen LogP contribution in [-0.2, 0) is 10.3 Å². The zero-order valence-electron chi connectivity index (χ0n) is 22.4. The van der Waals surface area contributed by atoms with Gasteiger partial charge in [0.2, 0.25) is 0 Å². The number of ketones is 1. The van der Waals surface area contributed by atoms with E-state index in [1.165, 1.54) is 0 Å². The van der Waals surface area contributed by atoms with Gasteiger partial charge < -0.3 is 23.8 Å². The minimum atomic E-state index is -0.928. The van der Waals surface area contributed by atoms with Crippen molar-refractivity contribution in [2.24, 2.45) is 0 Å². The number of Topliss-reactive ketones (excluding diaryl/α,β-unsaturated/α-hetero) is 1. The number of morpholine rings is 1. The van der Waals surface area contributed by atoms with Gasteiger partial charge in [0.25, 0.3) is 0 Å². The van der Waals surface area contributed by atoms with Crippen LogP contribution in [0.5, 0.6) is 17.2 Å². The van der Waals surface area contributed by atoms with E-state index in [4.69, 9.17) is 18.9 Å². The maximum atomic E-state index is 12.8. The Morgan fingerprint density at radius 2 is 1.46 bits per heavy atom. The van der Waals surface area contributed by atoms with Crippen LogP contribution < -0.4 is 19.1 Å². The van der Waals surface area contributed by atoms with E-state index in [2.05, 4.69) is 23.1 Å². The monoisotopic (exact) mass is 521 g/mol. The summed E-state index contributed by atoms with van der Waals surface area (Å²) < 4.78 is 23.5. The van der Waals surface area contributed by atoms with Crippen LogP contribution in [0.25, 0.3) is 16.8 Å². The molecule has 1 fully saturated rings. The number of hydrogen-bond acceptors (Lipinski definition) is 6. The molecule has 39 heavy (non-hydrogen) atoms. The number of ether oxygens (including phenoxy) is 4. The molecule has 0 N–H and O–H groups in total. The van der Waals surface area contributed by atoms with Gasteiger partial charge in [0.1, 0.15) is 17.2 Å². The van der Waals surface area contributed by atoms with Crippen molar-refractivity contribution in [2.45, 2.75) is 12.5 Å². The molecule has 2 aliphatic heterocycles. The van der Waals surface area contributed by atoms with Crippen LogP contribution in [-0.4, -0.2) is 46.3 Å². The largest absolute Gasteiger partial charge is 0.497 e. The van der Waals surface area contributed by atoms with Crippen LogP contribution >= 0.6 is 0 Å². The third-order valence-electron chi connectivity index (χ3n) is 7.66. The van der Waals surface area contributed by atoms with E-state index in [1.807, 2.05) is 66.7 Å². The second kappa shape index (κ2) is 10.1. The Labute approximate surface area is 228 Å². The topological polar surface area (TPSA) is 57.2 Å². The predicted octanol–water partition coefficient (Wildman–Crippen LogP) is 6.25. The lowest BCUT2D eigenvalue weighted by Gasteiger charge is -2.37. The van der Waals surface area contributed by atoms with E-state index in [1.54, 1.807) is 21.1 Å². The lowest BCUT2D eigenvalue weighted by Crippen LogP contribution is -2.36. The van der Waals surface area contributed by atoms with Gasteiger partial charge in [0.05, 0.1) is 27.4 Å². The predicted molar refractivity (Wildman–Crippen MR) is 153 cm³/mol. The minimum Gasteiger partial charge on any atom is -0.497 e. The molecule has 0 spiro atoms. The van der Waals surface area contributed by atoms with Crippen molar-refractivity contribution >= 4 is 28.3 Å². The Bertz CT molecular complexity index is 1500. The highest BCUT2D eigenvalue weighted by Crippen LogP contribution is 2.47. The van der Waals surface area contributed by atoms with E-state index in [0.717, 1.165) is 57.7 Å². The van der Waals surface area contributed by atoms with Gasteiger partial charge in [-0.3, -0.25) is 4.79 Å². The van der Waals surface area contributed by atoms with E-state index in [0.29, 0.717) is 24.5 Å². The van der Waals surface area contributed by atoms with Crippen LogP contribution in [0.15, 0.2) is 78.9 Å². The van der Waals surface area contributed by atoms with Crippen LogP contribution in [0.2, 0.25) is 0 Å². The molecule has 4 aromatic rings. The molecule has 0 atom stereocenters. The molecule has 0 saturated carbocycles. The van der Waals surface area contributed by atoms with Gasteiger partial charge in [0, 0.05) is 46.4 Å². The summed E-state index contributed by atoms with van der Waals surface area (Å²) in [5.74, 6) is 2.23. The molecular weight excluding hydrogens is 490 g/mol. The van der Waals surface area contributed by atoms with Crippen molar-refractivity contribution < 1.29 is 23.7 Å². The van der Waals surface area contributed by atoms with Crippen molar-refractivity contribution in [1.29, 1.82) is 0 Å². The maximum absolute atomic E-state index is 12.8. The van der Waals surface area contributed by atoms with Gasteiger partial charge in [-0.05, 0) is 66.9 Å². The van der Waals surface area contributed by atoms with Gasteiger partial charge in [-0.25, -0.2) is 0 Å². The third-order valence-corrected chi connectivity index (χ3v) is 7.66. The number of nitrogens with zero attached hydrogens (tertiary/aromatic N) is 1. The fraction of sp³-hybridized carbons (Fsp3) is 0.242. The SMILES string of the molecule is COc1ccc(C2(c3ccc(OC)cc3)C=Cc3c(C(C)=O)cc4ccc(N5CCOCC5)cc4c3O2)cc1. The van der Waals surface area contributed by atoms with E-state index in [-0.39, 0.29) is 5.78 Å². The van der Waals surface area contributed by atoms with E-state index < -0.39 is 5.60 Å². The van der Waals surface area contributed by atoms with Crippen molar-refractivity contribution in [3.05, 3.63) is 101 Å². The number of hydrogen-bond donors (Lipinski definition) is 0. The van der Waals surface area contributed by atoms with Crippen molar-refractivity contribution in [3.63, 3.8) is 0 Å². The normalized spacial score (nSPS) is 15.9. The second-order valence-electron chi connectivity index (χ2n) is 9.86. The highest BCUT2D eigenvalue weighted by atomic mass is 16.5. The first-order valence-electron chi connectivity index (χ1n) is 13.1. The summed E-state index contributed by atoms with van der Waals surface area (Å²) in [6, 6.07) is 24.2. The highest BCUT2D eigenvalue weighted by Gasteiger charge is 2.39. The van der Waals surface area contributed by atoms with E-state index >= 15 is 0 Å². The van der Waals surface area contributed by atoms with Crippen LogP contribution in [0, 0.1) is 0 Å². The Balaban J connectivity index is 1.57. The highest BCUT2D eigenvalue weighted by molar-refractivity contribution is 6.06. The molecular formula is C33H31NO5. The molecule has 6 heteroatoms. The average molecular weight is 522 g/mol. The number of rotatable bonds is 6. The zero-order chi connectivity index (χ0) is 27.0. The van der Waals surface area contributed by atoms with Gasteiger partial charge >= 0.3 is 0 Å². The van der Waals surface area contributed by atoms with E-state index in [9.17, 15) is 4.79 Å². The summed E-state index contributed by atoms with van der Waals surface area (Å²) in [6.07, 6.45) is 4.08. The van der Waals surface area contributed by atoms with Crippen LogP contribution in [0.3, 0.4) is 0 Å². The quantitative estimate of drug-likeness (QED) is 0.280. The molecule has 0 unspecified atom stereocenters. The number of anilines is 1. The molecule has 0 amide bonds. The lowest BCUT2D eigenvalue weighted by atomic mass is 9.82. The Morgan fingerprint density at radius 1 is 0.846 bits per heavy atom. The molecule has 2 aliphatic rings. The second-order valence-corrected chi connectivity index (χ2v) is 9.86. The summed E-state index contributed by atoms with van der Waals surface area (Å²) in [7, 11) is 3.31. The van der Waals surface area contributed by atoms with Crippen molar-refractivity contribution in [2.75, 3.05) is 45.4 Å². The molecule has 6 rings (SSSR count). The summed E-state index contributed by atoms with van der Waals surface area (Å²) in [4.78, 5) is 15.1. The Hall–Kier alpha value is -4.29. The first-order valence-corrected chi connectivity index (χ1v) is 13.1. The van der Waals surface area contributed by atoms with Gasteiger partial charge in [-0.1, -0.05) is 30.3 Å². The van der Waals surface area contributed by atoms with Crippen LogP contribution in [0.1, 0.15) is 34.0 Å². The molecule has 1 saturated heterocycles. The van der Waals surface area contributed by atoms with Crippen LogP contribution in [0.4, 0.5) is 5.69 Å². The molecule has 6 nitrogen and oxygen atoms in total. The minimum absolute atomic E-state index is 0.0000470. The number of carbonyl (C=O) groups is 1. The maximum Gasteiger partial charge on any atom is 0.178 e. The van der Waals surface area contributed by atoms with Crippen molar-refractivity contribution in [3.8, 4) is 17.2 Å². The number of fused-ring (bicyclic) bond motifs is 3. The number of carbonyl (C=O) groups excluding carboxylic acids is 1. The first-order chi connectivity index (χ1) is 19.0. The standard InChI is InChI=1S/C33H31NO5/c1-22(35)30-20-23-4-9-26(34-16-18-38-19-17-34)21-31(23)32-29(30)14-15-33(39-32,24-5-10-27(36-2)11-6-24)25-7-12-28(37-3)13-8-25/h4-15,20-21H,16-19H2,1-3H3. The molecule has 0 radical (unpaired) electrons. The molecule has 2 heterocycles. The smallest absolute Gasteiger partial charge is 0.178 e. The number of methoxy groups -OCH3 is 2.